The minimum Gasteiger partial charge on any atom is -0.351 e. The molecule has 1 aromatic heterocycles. The lowest BCUT2D eigenvalue weighted by atomic mass is 10.2. The molecule has 1 aromatic rings. The van der Waals surface area contributed by atoms with Crippen molar-refractivity contribution in [2.24, 2.45) is 5.73 Å². The van der Waals surface area contributed by atoms with E-state index in [0.717, 1.165) is 12.0 Å². The normalized spacial score (nSPS) is 12.5. The smallest absolute Gasteiger partial charge is 0.290 e. The van der Waals surface area contributed by atoms with Gasteiger partial charge in [0.15, 0.2) is 0 Å². The van der Waals surface area contributed by atoms with Gasteiger partial charge in [0, 0.05) is 18.2 Å². The standard InChI is InChI=1S/C9H15N3O2/c1-3-7(10)5-11-9(13)8-6(2)4-12-14-8/h4,7H,3,5,10H2,1-2H3,(H,11,13). The van der Waals surface area contributed by atoms with Gasteiger partial charge in [0.1, 0.15) is 0 Å². The third kappa shape index (κ3) is 2.56. The number of aromatic nitrogens is 1. The fourth-order valence-electron chi connectivity index (χ4n) is 0.958. The number of amides is 1. The Hall–Kier alpha value is -1.36. The van der Waals surface area contributed by atoms with Crippen molar-refractivity contribution in [3.05, 3.63) is 17.5 Å². The largest absolute Gasteiger partial charge is 0.351 e. The van der Waals surface area contributed by atoms with Crippen LogP contribution in [0.4, 0.5) is 0 Å². The Balaban J connectivity index is 2.47. The van der Waals surface area contributed by atoms with Crippen LogP contribution in [0.25, 0.3) is 0 Å². The van der Waals surface area contributed by atoms with Crippen LogP contribution in [0.3, 0.4) is 0 Å². The van der Waals surface area contributed by atoms with Gasteiger partial charge in [-0.25, -0.2) is 0 Å². The average molecular weight is 197 g/mol. The molecule has 0 saturated heterocycles. The molecule has 1 atom stereocenters. The molecule has 0 aliphatic rings. The molecule has 0 bridgehead atoms. The van der Waals surface area contributed by atoms with Crippen LogP contribution in [0.15, 0.2) is 10.7 Å². The summed E-state index contributed by atoms with van der Waals surface area (Å²) in [4.78, 5) is 11.4. The van der Waals surface area contributed by atoms with Crippen molar-refractivity contribution in [1.82, 2.24) is 10.5 Å². The van der Waals surface area contributed by atoms with E-state index >= 15 is 0 Å². The van der Waals surface area contributed by atoms with Gasteiger partial charge in [0.25, 0.3) is 5.91 Å². The molecule has 0 radical (unpaired) electrons. The summed E-state index contributed by atoms with van der Waals surface area (Å²) in [6, 6.07) is -0.0119. The van der Waals surface area contributed by atoms with Crippen molar-refractivity contribution in [3.8, 4) is 0 Å². The number of hydrogen-bond acceptors (Lipinski definition) is 4. The summed E-state index contributed by atoms with van der Waals surface area (Å²) in [5, 5.41) is 6.20. The molecule has 3 N–H and O–H groups in total. The highest BCUT2D eigenvalue weighted by atomic mass is 16.5. The zero-order valence-electron chi connectivity index (χ0n) is 8.41. The Morgan fingerprint density at radius 3 is 3.00 bits per heavy atom. The highest BCUT2D eigenvalue weighted by Gasteiger charge is 2.13. The SMILES string of the molecule is CCC(N)CNC(=O)c1oncc1C. The monoisotopic (exact) mass is 197 g/mol. The van der Waals surface area contributed by atoms with E-state index in [1.54, 1.807) is 6.92 Å². The van der Waals surface area contributed by atoms with Crippen LogP contribution < -0.4 is 11.1 Å². The number of nitrogens with one attached hydrogen (secondary N) is 1. The molecular formula is C9H15N3O2. The first-order valence-electron chi connectivity index (χ1n) is 4.60. The quantitative estimate of drug-likeness (QED) is 0.734. The number of aryl methyl sites for hydroxylation is 1. The summed E-state index contributed by atoms with van der Waals surface area (Å²) in [5.74, 6) is -0.00259. The van der Waals surface area contributed by atoms with E-state index in [1.165, 1.54) is 6.20 Å². The Morgan fingerprint density at radius 2 is 2.50 bits per heavy atom. The van der Waals surface area contributed by atoms with Crippen LogP contribution >= 0.6 is 0 Å². The molecule has 1 rings (SSSR count). The first kappa shape index (κ1) is 10.7. The van der Waals surface area contributed by atoms with Crippen LogP contribution in [0.2, 0.25) is 0 Å². The Kier molecular flexibility index (Phi) is 3.64. The van der Waals surface area contributed by atoms with E-state index in [-0.39, 0.29) is 17.7 Å². The maximum atomic E-state index is 11.4. The van der Waals surface area contributed by atoms with Crippen LogP contribution in [0.1, 0.15) is 29.5 Å². The predicted molar refractivity (Wildman–Crippen MR) is 51.8 cm³/mol. The van der Waals surface area contributed by atoms with Crippen molar-refractivity contribution in [1.29, 1.82) is 0 Å². The van der Waals surface area contributed by atoms with Crippen molar-refractivity contribution < 1.29 is 9.32 Å². The van der Waals surface area contributed by atoms with Crippen molar-refractivity contribution >= 4 is 5.91 Å². The summed E-state index contributed by atoms with van der Waals surface area (Å²) in [6.45, 7) is 4.19. The van der Waals surface area contributed by atoms with Crippen LogP contribution in [-0.4, -0.2) is 23.7 Å². The van der Waals surface area contributed by atoms with E-state index in [4.69, 9.17) is 10.3 Å². The second-order valence-corrected chi connectivity index (χ2v) is 3.22. The molecule has 0 aliphatic carbocycles. The average Bonchev–Trinajstić information content (AvgIpc) is 2.60. The first-order chi connectivity index (χ1) is 6.65. The zero-order valence-corrected chi connectivity index (χ0v) is 8.41. The summed E-state index contributed by atoms with van der Waals surface area (Å²) < 4.78 is 4.79. The number of carbonyl (C=O) groups excluding carboxylic acids is 1. The zero-order chi connectivity index (χ0) is 10.6. The van der Waals surface area contributed by atoms with Gasteiger partial charge in [0.2, 0.25) is 5.76 Å². The number of rotatable bonds is 4. The van der Waals surface area contributed by atoms with Gasteiger partial charge >= 0.3 is 0 Å². The lowest BCUT2D eigenvalue weighted by Gasteiger charge is -2.08. The Labute approximate surface area is 82.6 Å². The number of nitrogens with zero attached hydrogens (tertiary/aromatic N) is 1. The summed E-state index contributed by atoms with van der Waals surface area (Å²) in [7, 11) is 0. The van der Waals surface area contributed by atoms with E-state index in [9.17, 15) is 4.79 Å². The third-order valence-electron chi connectivity index (χ3n) is 2.00. The highest BCUT2D eigenvalue weighted by molar-refractivity contribution is 5.92. The predicted octanol–water partition coefficient (Wildman–Crippen LogP) is 0.450. The van der Waals surface area contributed by atoms with Gasteiger partial charge in [-0.3, -0.25) is 4.79 Å². The van der Waals surface area contributed by atoms with Gasteiger partial charge in [0.05, 0.1) is 6.20 Å². The van der Waals surface area contributed by atoms with Gasteiger partial charge in [-0.1, -0.05) is 12.1 Å². The molecule has 1 amide bonds. The lowest BCUT2D eigenvalue weighted by molar-refractivity contribution is 0.0913. The molecule has 0 saturated carbocycles. The number of nitrogens with two attached hydrogens (primary N) is 1. The second-order valence-electron chi connectivity index (χ2n) is 3.22. The maximum Gasteiger partial charge on any atom is 0.290 e. The molecule has 0 fully saturated rings. The fraction of sp³-hybridized carbons (Fsp3) is 0.556. The number of carbonyl (C=O) groups is 1. The molecule has 1 unspecified atom stereocenters. The summed E-state index contributed by atoms with van der Waals surface area (Å²) in [5.41, 5.74) is 6.38. The van der Waals surface area contributed by atoms with E-state index in [2.05, 4.69) is 10.5 Å². The Bertz CT molecular complexity index is 309. The number of hydrogen-bond donors (Lipinski definition) is 2. The molecule has 14 heavy (non-hydrogen) atoms. The molecule has 5 nitrogen and oxygen atoms in total. The van der Waals surface area contributed by atoms with E-state index in [1.807, 2.05) is 6.92 Å². The lowest BCUT2D eigenvalue weighted by Crippen LogP contribution is -2.36. The second kappa shape index (κ2) is 4.76. The first-order valence-corrected chi connectivity index (χ1v) is 4.60. The Morgan fingerprint density at radius 1 is 1.79 bits per heavy atom. The molecule has 0 spiro atoms. The van der Waals surface area contributed by atoms with Gasteiger partial charge in [-0.05, 0) is 13.3 Å². The molecule has 5 heteroatoms. The van der Waals surface area contributed by atoms with Gasteiger partial charge in [-0.2, -0.15) is 0 Å². The fourth-order valence-corrected chi connectivity index (χ4v) is 0.958. The van der Waals surface area contributed by atoms with Crippen LogP contribution in [-0.2, 0) is 0 Å². The molecule has 78 valence electrons. The third-order valence-corrected chi connectivity index (χ3v) is 2.00. The summed E-state index contributed by atoms with van der Waals surface area (Å²) in [6.07, 6.45) is 2.34. The highest BCUT2D eigenvalue weighted by Crippen LogP contribution is 2.04. The molecule has 0 aliphatic heterocycles. The van der Waals surface area contributed by atoms with E-state index in [0.29, 0.717) is 6.54 Å². The topological polar surface area (TPSA) is 81.1 Å². The molecule has 0 aromatic carbocycles. The minimum absolute atomic E-state index is 0.0119. The molecule has 1 heterocycles. The minimum atomic E-state index is -0.260. The van der Waals surface area contributed by atoms with Crippen molar-refractivity contribution in [3.63, 3.8) is 0 Å². The summed E-state index contributed by atoms with van der Waals surface area (Å²) >= 11 is 0. The van der Waals surface area contributed by atoms with Crippen LogP contribution in [0, 0.1) is 6.92 Å². The van der Waals surface area contributed by atoms with Gasteiger partial charge < -0.3 is 15.6 Å². The van der Waals surface area contributed by atoms with E-state index < -0.39 is 0 Å². The van der Waals surface area contributed by atoms with Crippen molar-refractivity contribution in [2.75, 3.05) is 6.54 Å². The maximum absolute atomic E-state index is 11.4. The van der Waals surface area contributed by atoms with Crippen LogP contribution in [0.5, 0.6) is 0 Å². The molecular weight excluding hydrogens is 182 g/mol. The van der Waals surface area contributed by atoms with Crippen molar-refractivity contribution in [2.45, 2.75) is 26.3 Å². The van der Waals surface area contributed by atoms with Gasteiger partial charge in [-0.15, -0.1) is 0 Å².